The minimum absolute atomic E-state index is 0.0339. The topological polar surface area (TPSA) is 53.4 Å². The molecule has 5 rings (SSSR count). The highest BCUT2D eigenvalue weighted by atomic mass is 35.5. The number of ether oxygens (including phenoxy) is 2. The number of aromatic nitrogens is 2. The summed E-state index contributed by atoms with van der Waals surface area (Å²) in [5.41, 5.74) is 5.39. The van der Waals surface area contributed by atoms with E-state index in [1.165, 1.54) is 19.4 Å². The first kappa shape index (κ1) is 26.4. The van der Waals surface area contributed by atoms with Crippen LogP contribution in [0.1, 0.15) is 18.4 Å². The predicted octanol–water partition coefficient (Wildman–Crippen LogP) is 7.01. The fourth-order valence-corrected chi connectivity index (χ4v) is 5.68. The number of hydrogen-bond donors (Lipinski definition) is 1. The highest BCUT2D eigenvalue weighted by molar-refractivity contribution is 7.79. The quantitative estimate of drug-likeness (QED) is 0.154. The average Bonchev–Trinajstić information content (AvgIpc) is 3.19. The van der Waals surface area contributed by atoms with Crippen molar-refractivity contribution in [3.8, 4) is 28.3 Å². The Balaban J connectivity index is 1.73. The van der Waals surface area contributed by atoms with E-state index in [-0.39, 0.29) is 11.4 Å². The molecule has 2 aromatic carbocycles. The number of allylic oxidation sites excluding steroid dienone is 3. The van der Waals surface area contributed by atoms with Gasteiger partial charge in [-0.15, -0.1) is 9.24 Å². The van der Waals surface area contributed by atoms with Gasteiger partial charge in [-0.25, -0.2) is 4.79 Å². The molecule has 1 unspecified atom stereocenters. The molecule has 0 fully saturated rings. The van der Waals surface area contributed by atoms with Gasteiger partial charge in [-0.1, -0.05) is 48.7 Å². The molecule has 194 valence electrons. The number of benzene rings is 2. The molecule has 1 aliphatic rings. The number of halogens is 3. The lowest BCUT2D eigenvalue weighted by atomic mass is 9.91. The third kappa shape index (κ3) is 4.96. The lowest BCUT2D eigenvalue weighted by Crippen LogP contribution is -2.08. The SMILES string of the molecule is COC(=O)C1=CC(Cl)=C(c2cccc(-c3c(-c4ncccc4OC(F)F)c4cc(P)ccc4n3S)c2)CC1. The van der Waals surface area contributed by atoms with Gasteiger partial charge in [-0.05, 0) is 65.7 Å². The number of esters is 1. The molecule has 1 aliphatic carbocycles. The number of carbonyl (C=O) groups excluding carboxylic acids is 1. The van der Waals surface area contributed by atoms with Gasteiger partial charge in [0.15, 0.2) is 5.75 Å². The molecule has 0 spiro atoms. The summed E-state index contributed by atoms with van der Waals surface area (Å²) in [5, 5.41) is 2.16. The number of methoxy groups -OCH3 is 1. The third-order valence-corrected chi connectivity index (χ3v) is 7.47. The predicted molar refractivity (Wildman–Crippen MR) is 153 cm³/mol. The van der Waals surface area contributed by atoms with Crippen LogP contribution in [0.15, 0.2) is 77.5 Å². The van der Waals surface area contributed by atoms with E-state index in [4.69, 9.17) is 33.9 Å². The zero-order valence-electron chi connectivity index (χ0n) is 20.1. The van der Waals surface area contributed by atoms with E-state index in [1.54, 1.807) is 16.1 Å². The Morgan fingerprint density at radius 2 is 1.92 bits per heavy atom. The molecule has 38 heavy (non-hydrogen) atoms. The smallest absolute Gasteiger partial charge is 0.387 e. The summed E-state index contributed by atoms with van der Waals surface area (Å²) >= 11 is 11.4. The van der Waals surface area contributed by atoms with E-state index in [0.29, 0.717) is 34.7 Å². The Labute approximate surface area is 230 Å². The Hall–Kier alpha value is -3.19. The number of alkyl halides is 2. The van der Waals surface area contributed by atoms with Gasteiger partial charge < -0.3 is 9.47 Å². The maximum atomic E-state index is 13.3. The standard InChI is InChI=1S/C28H22ClF2N2O3PS/c1-35-27(34)17-7-9-19(21(29)13-17)15-4-2-5-16(12-15)26-24(20-14-18(37)8-10-22(20)33(26)38)25-23(36-28(30)31)6-3-11-32-25/h2-6,8,10-14,28,38H,7,9,37H2,1H3. The van der Waals surface area contributed by atoms with Crippen LogP contribution in [0, 0.1) is 0 Å². The lowest BCUT2D eigenvalue weighted by molar-refractivity contribution is -0.136. The van der Waals surface area contributed by atoms with Crippen LogP contribution in [0.2, 0.25) is 0 Å². The number of carbonyl (C=O) groups is 1. The molecular formula is C28H22ClF2N2O3PS. The van der Waals surface area contributed by atoms with Crippen LogP contribution in [0.5, 0.6) is 5.75 Å². The van der Waals surface area contributed by atoms with Gasteiger partial charge >= 0.3 is 12.6 Å². The third-order valence-electron chi connectivity index (χ3n) is 6.36. The van der Waals surface area contributed by atoms with Crippen molar-refractivity contribution in [1.29, 1.82) is 0 Å². The summed E-state index contributed by atoms with van der Waals surface area (Å²) in [5.74, 6) is -0.431. The Kier molecular flexibility index (Phi) is 7.57. The van der Waals surface area contributed by atoms with Crippen LogP contribution in [0.4, 0.5) is 8.78 Å². The first-order valence-electron chi connectivity index (χ1n) is 11.6. The molecule has 0 saturated heterocycles. The van der Waals surface area contributed by atoms with E-state index >= 15 is 0 Å². The summed E-state index contributed by atoms with van der Waals surface area (Å²) in [6.45, 7) is -3.00. The van der Waals surface area contributed by atoms with Crippen LogP contribution in [0.3, 0.4) is 0 Å². The second kappa shape index (κ2) is 10.9. The molecule has 0 radical (unpaired) electrons. The number of nitrogens with zero attached hydrogens (tertiary/aromatic N) is 2. The van der Waals surface area contributed by atoms with Crippen LogP contribution in [-0.2, 0) is 9.53 Å². The minimum atomic E-state index is -3.00. The highest BCUT2D eigenvalue weighted by Crippen LogP contribution is 2.45. The van der Waals surface area contributed by atoms with Crippen molar-refractivity contribution in [2.75, 3.05) is 7.11 Å². The van der Waals surface area contributed by atoms with Crippen LogP contribution in [-0.4, -0.2) is 28.6 Å². The van der Waals surface area contributed by atoms with Gasteiger partial charge in [0, 0.05) is 33.3 Å². The summed E-state index contributed by atoms with van der Waals surface area (Å²) < 4.78 is 38.0. The Morgan fingerprint density at radius 1 is 1.13 bits per heavy atom. The first-order chi connectivity index (χ1) is 18.3. The van der Waals surface area contributed by atoms with Gasteiger partial charge in [0.05, 0.1) is 18.3 Å². The molecule has 0 amide bonds. The summed E-state index contributed by atoms with van der Waals surface area (Å²) in [4.78, 5) is 16.4. The van der Waals surface area contributed by atoms with Gasteiger partial charge in [-0.3, -0.25) is 8.96 Å². The largest absolute Gasteiger partial charge is 0.466 e. The highest BCUT2D eigenvalue weighted by Gasteiger charge is 2.25. The maximum Gasteiger partial charge on any atom is 0.387 e. The zero-order chi connectivity index (χ0) is 27.0. The van der Waals surface area contributed by atoms with Gasteiger partial charge in [-0.2, -0.15) is 8.78 Å². The summed E-state index contributed by atoms with van der Waals surface area (Å²) in [7, 11) is 3.99. The summed E-state index contributed by atoms with van der Waals surface area (Å²) in [6.07, 6.45) is 4.24. The molecule has 1 atom stereocenters. The Morgan fingerprint density at radius 3 is 2.66 bits per heavy atom. The van der Waals surface area contributed by atoms with E-state index in [1.807, 2.05) is 42.5 Å². The molecule has 0 saturated carbocycles. The number of rotatable bonds is 6. The number of hydrogen-bond acceptors (Lipinski definition) is 5. The average molecular weight is 571 g/mol. The van der Waals surface area contributed by atoms with Crippen molar-refractivity contribution in [2.24, 2.45) is 0 Å². The molecule has 2 heterocycles. The number of fused-ring (bicyclic) bond motifs is 1. The molecular weight excluding hydrogens is 549 g/mol. The number of thiol groups is 1. The van der Waals surface area contributed by atoms with Crippen LogP contribution in [0.25, 0.3) is 39.0 Å². The van der Waals surface area contributed by atoms with Crippen molar-refractivity contribution in [1.82, 2.24) is 8.96 Å². The molecule has 4 aromatic rings. The lowest BCUT2D eigenvalue weighted by Gasteiger charge is -2.17. The first-order valence-corrected chi connectivity index (χ1v) is 13.0. The zero-order valence-corrected chi connectivity index (χ0v) is 22.9. The van der Waals surface area contributed by atoms with Gasteiger partial charge in [0.2, 0.25) is 0 Å². The maximum absolute atomic E-state index is 13.3. The number of pyridine rings is 1. The minimum Gasteiger partial charge on any atom is -0.466 e. The molecule has 0 bridgehead atoms. The van der Waals surface area contributed by atoms with Crippen molar-refractivity contribution in [2.45, 2.75) is 19.5 Å². The van der Waals surface area contributed by atoms with E-state index in [9.17, 15) is 13.6 Å². The van der Waals surface area contributed by atoms with E-state index in [0.717, 1.165) is 32.9 Å². The van der Waals surface area contributed by atoms with E-state index < -0.39 is 12.6 Å². The van der Waals surface area contributed by atoms with Crippen molar-refractivity contribution >= 4 is 61.4 Å². The monoisotopic (exact) mass is 570 g/mol. The van der Waals surface area contributed by atoms with E-state index in [2.05, 4.69) is 14.2 Å². The fourth-order valence-electron chi connectivity index (χ4n) is 4.69. The molecule has 2 aromatic heterocycles. The molecule has 0 N–H and O–H groups in total. The normalized spacial score (nSPS) is 13.7. The van der Waals surface area contributed by atoms with Crippen molar-refractivity contribution in [3.05, 3.63) is 83.0 Å². The van der Waals surface area contributed by atoms with Crippen molar-refractivity contribution in [3.63, 3.8) is 0 Å². The Bertz CT molecular complexity index is 1630. The molecule has 0 aliphatic heterocycles. The van der Waals surface area contributed by atoms with Crippen molar-refractivity contribution < 1.29 is 23.0 Å². The summed E-state index contributed by atoms with van der Waals surface area (Å²) in [6, 6.07) is 16.5. The second-order valence-corrected chi connectivity index (χ2v) is 10.1. The van der Waals surface area contributed by atoms with Gasteiger partial charge in [0.1, 0.15) is 5.69 Å². The van der Waals surface area contributed by atoms with Crippen LogP contribution < -0.4 is 10.0 Å². The molecule has 10 heteroatoms. The van der Waals surface area contributed by atoms with Gasteiger partial charge in [0.25, 0.3) is 0 Å². The molecule has 5 nitrogen and oxygen atoms in total. The fraction of sp³-hybridized carbons (Fsp3) is 0.143. The second-order valence-electron chi connectivity index (χ2n) is 8.61. The van der Waals surface area contributed by atoms with Crippen LogP contribution >= 0.6 is 33.7 Å².